The van der Waals surface area contributed by atoms with Crippen molar-refractivity contribution < 1.29 is 0 Å². The highest BCUT2D eigenvalue weighted by atomic mass is 14.9. The summed E-state index contributed by atoms with van der Waals surface area (Å²) in [5.74, 6) is 0. The van der Waals surface area contributed by atoms with E-state index in [0.717, 1.165) is 12.6 Å². The van der Waals surface area contributed by atoms with Crippen LogP contribution < -0.4 is 11.1 Å². The molecule has 0 spiro atoms. The van der Waals surface area contributed by atoms with Gasteiger partial charge >= 0.3 is 0 Å². The van der Waals surface area contributed by atoms with Crippen LogP contribution in [0, 0.1) is 0 Å². The van der Waals surface area contributed by atoms with Crippen molar-refractivity contribution in [3.63, 3.8) is 0 Å². The Morgan fingerprint density at radius 3 is 2.36 bits per heavy atom. The van der Waals surface area contributed by atoms with Crippen molar-refractivity contribution >= 4 is 0 Å². The van der Waals surface area contributed by atoms with Gasteiger partial charge in [0.25, 0.3) is 0 Å². The second kappa shape index (κ2) is 8.25. The van der Waals surface area contributed by atoms with E-state index in [1.807, 2.05) is 0 Å². The third kappa shape index (κ3) is 5.61. The van der Waals surface area contributed by atoms with Crippen molar-refractivity contribution in [2.75, 3.05) is 13.1 Å². The fourth-order valence-corrected chi connectivity index (χ4v) is 2.24. The molecule has 2 nitrogen and oxygen atoms in total. The van der Waals surface area contributed by atoms with Crippen molar-refractivity contribution in [2.24, 2.45) is 5.73 Å². The first-order valence-corrected chi connectivity index (χ1v) is 6.37. The highest BCUT2D eigenvalue weighted by Gasteiger charge is 2.11. The largest absolute Gasteiger partial charge is 0.330 e. The molecule has 0 bridgehead atoms. The van der Waals surface area contributed by atoms with Crippen molar-refractivity contribution in [1.29, 1.82) is 0 Å². The lowest BCUT2D eigenvalue weighted by Crippen LogP contribution is -2.31. The molecule has 0 atom stereocenters. The van der Waals surface area contributed by atoms with Crippen LogP contribution in [0.15, 0.2) is 0 Å². The molecule has 0 aromatic carbocycles. The number of nitrogens with two attached hydrogens (primary N) is 1. The number of unbranched alkanes of at least 4 members (excludes halogenated alkanes) is 3. The van der Waals surface area contributed by atoms with E-state index < -0.39 is 0 Å². The molecule has 3 N–H and O–H groups in total. The molecule has 0 radical (unpaired) electrons. The van der Waals surface area contributed by atoms with E-state index in [1.165, 1.54) is 64.3 Å². The first-order valence-electron chi connectivity index (χ1n) is 6.37. The minimum absolute atomic E-state index is 0.832. The van der Waals surface area contributed by atoms with E-state index in [4.69, 9.17) is 5.73 Å². The second-order valence-electron chi connectivity index (χ2n) is 4.49. The Morgan fingerprint density at radius 2 is 1.64 bits per heavy atom. The molecular formula is C12H26N2. The van der Waals surface area contributed by atoms with Gasteiger partial charge in [0.15, 0.2) is 0 Å². The van der Waals surface area contributed by atoms with Gasteiger partial charge < -0.3 is 11.1 Å². The molecule has 0 unspecified atom stereocenters. The molecule has 1 aliphatic carbocycles. The molecule has 0 aromatic rings. The van der Waals surface area contributed by atoms with E-state index in [2.05, 4.69) is 5.32 Å². The van der Waals surface area contributed by atoms with Crippen molar-refractivity contribution in [2.45, 2.75) is 63.8 Å². The van der Waals surface area contributed by atoms with Crippen molar-refractivity contribution in [3.05, 3.63) is 0 Å². The van der Waals surface area contributed by atoms with Gasteiger partial charge in [-0.05, 0) is 38.8 Å². The van der Waals surface area contributed by atoms with E-state index in [-0.39, 0.29) is 0 Å². The molecule has 1 rings (SSSR count). The maximum Gasteiger partial charge on any atom is 0.00670 e. The predicted molar refractivity (Wildman–Crippen MR) is 62.4 cm³/mol. The minimum Gasteiger partial charge on any atom is -0.330 e. The molecule has 0 saturated heterocycles. The molecule has 0 aliphatic heterocycles. The van der Waals surface area contributed by atoms with Gasteiger partial charge in [-0.1, -0.05) is 32.1 Å². The fourth-order valence-electron chi connectivity index (χ4n) is 2.24. The molecule has 1 fully saturated rings. The minimum atomic E-state index is 0.832. The molecule has 2 heteroatoms. The molecule has 14 heavy (non-hydrogen) atoms. The number of hydrogen-bond acceptors (Lipinski definition) is 2. The lowest BCUT2D eigenvalue weighted by atomic mass is 9.95. The van der Waals surface area contributed by atoms with E-state index in [9.17, 15) is 0 Å². The lowest BCUT2D eigenvalue weighted by Gasteiger charge is -2.22. The zero-order valence-electron chi connectivity index (χ0n) is 9.43. The van der Waals surface area contributed by atoms with Crippen LogP contribution in [0.4, 0.5) is 0 Å². The maximum absolute atomic E-state index is 5.44. The van der Waals surface area contributed by atoms with E-state index >= 15 is 0 Å². The fraction of sp³-hybridized carbons (Fsp3) is 1.00. The Hall–Kier alpha value is -0.0800. The summed E-state index contributed by atoms with van der Waals surface area (Å²) in [6.07, 6.45) is 12.3. The molecule has 0 amide bonds. The number of nitrogens with one attached hydrogen (secondary N) is 1. The van der Waals surface area contributed by atoms with Gasteiger partial charge in [-0.15, -0.1) is 0 Å². The van der Waals surface area contributed by atoms with E-state index in [1.54, 1.807) is 0 Å². The molecule has 84 valence electrons. The zero-order chi connectivity index (χ0) is 10.1. The molecule has 0 heterocycles. The highest BCUT2D eigenvalue weighted by Crippen LogP contribution is 2.17. The van der Waals surface area contributed by atoms with Crippen LogP contribution in [-0.2, 0) is 0 Å². The van der Waals surface area contributed by atoms with Gasteiger partial charge in [-0.3, -0.25) is 0 Å². The summed E-state index contributed by atoms with van der Waals surface area (Å²) in [4.78, 5) is 0. The summed E-state index contributed by atoms with van der Waals surface area (Å²) < 4.78 is 0. The summed E-state index contributed by atoms with van der Waals surface area (Å²) >= 11 is 0. The Kier molecular flexibility index (Phi) is 7.06. The molecular weight excluding hydrogens is 172 g/mol. The smallest absolute Gasteiger partial charge is 0.00670 e. The van der Waals surface area contributed by atoms with Crippen LogP contribution in [0.25, 0.3) is 0 Å². The van der Waals surface area contributed by atoms with Crippen LogP contribution in [-0.4, -0.2) is 19.1 Å². The van der Waals surface area contributed by atoms with Crippen LogP contribution in [0.3, 0.4) is 0 Å². The Labute approximate surface area is 88.6 Å². The third-order valence-corrected chi connectivity index (χ3v) is 3.17. The molecule has 1 aliphatic rings. The quantitative estimate of drug-likeness (QED) is 0.617. The van der Waals surface area contributed by atoms with Gasteiger partial charge in [0.2, 0.25) is 0 Å². The first kappa shape index (κ1) is 12.0. The standard InChI is InChI=1S/C12H26N2/c13-10-6-1-2-7-11-14-12-8-4-3-5-9-12/h12,14H,1-11,13H2. The maximum atomic E-state index is 5.44. The van der Waals surface area contributed by atoms with Gasteiger partial charge in [-0.2, -0.15) is 0 Å². The Balaban J connectivity index is 1.82. The highest BCUT2D eigenvalue weighted by molar-refractivity contribution is 4.71. The summed E-state index contributed by atoms with van der Waals surface area (Å²) in [5.41, 5.74) is 5.44. The molecule has 0 aromatic heterocycles. The normalized spacial score (nSPS) is 18.6. The van der Waals surface area contributed by atoms with Gasteiger partial charge in [0, 0.05) is 6.04 Å². The first-order chi connectivity index (χ1) is 6.93. The third-order valence-electron chi connectivity index (χ3n) is 3.17. The average Bonchev–Trinajstić information content (AvgIpc) is 2.25. The SMILES string of the molecule is NCCCCCCNC1CCCCC1. The summed E-state index contributed by atoms with van der Waals surface area (Å²) in [7, 11) is 0. The summed E-state index contributed by atoms with van der Waals surface area (Å²) in [5, 5.41) is 3.67. The van der Waals surface area contributed by atoms with Crippen LogP contribution >= 0.6 is 0 Å². The van der Waals surface area contributed by atoms with E-state index in [0.29, 0.717) is 0 Å². The number of hydrogen-bond donors (Lipinski definition) is 2. The Bertz CT molecular complexity index is 119. The van der Waals surface area contributed by atoms with Crippen molar-refractivity contribution in [3.8, 4) is 0 Å². The summed E-state index contributed by atoms with van der Waals surface area (Å²) in [6, 6.07) is 0.832. The zero-order valence-corrected chi connectivity index (χ0v) is 9.43. The Morgan fingerprint density at radius 1 is 0.929 bits per heavy atom. The molecule has 1 saturated carbocycles. The average molecular weight is 198 g/mol. The summed E-state index contributed by atoms with van der Waals surface area (Å²) in [6.45, 7) is 2.07. The second-order valence-corrected chi connectivity index (χ2v) is 4.49. The van der Waals surface area contributed by atoms with Gasteiger partial charge in [0.05, 0.1) is 0 Å². The number of rotatable bonds is 7. The lowest BCUT2D eigenvalue weighted by molar-refractivity contribution is 0.370. The van der Waals surface area contributed by atoms with Gasteiger partial charge in [0.1, 0.15) is 0 Å². The predicted octanol–water partition coefficient (Wildman–Crippen LogP) is 2.43. The van der Waals surface area contributed by atoms with Crippen LogP contribution in [0.5, 0.6) is 0 Å². The van der Waals surface area contributed by atoms with Crippen molar-refractivity contribution in [1.82, 2.24) is 5.32 Å². The van der Waals surface area contributed by atoms with Crippen LogP contribution in [0.2, 0.25) is 0 Å². The topological polar surface area (TPSA) is 38.0 Å². The monoisotopic (exact) mass is 198 g/mol. The van der Waals surface area contributed by atoms with Gasteiger partial charge in [-0.25, -0.2) is 0 Å². The van der Waals surface area contributed by atoms with Crippen LogP contribution in [0.1, 0.15) is 57.8 Å².